The van der Waals surface area contributed by atoms with E-state index in [4.69, 9.17) is 9.72 Å². The average molecular weight is 520 g/mol. The van der Waals surface area contributed by atoms with Gasteiger partial charge in [0.05, 0.1) is 22.6 Å². The smallest absolute Gasteiger partial charge is 0.307 e. The number of halogens is 1. The highest BCUT2D eigenvalue weighted by Gasteiger charge is 2.64. The fourth-order valence-electron chi connectivity index (χ4n) is 4.80. The van der Waals surface area contributed by atoms with Crippen molar-refractivity contribution < 1.29 is 14.6 Å². The topological polar surface area (TPSA) is 77.2 Å². The summed E-state index contributed by atoms with van der Waals surface area (Å²) in [7, 11) is 0. The first-order chi connectivity index (χ1) is 16.2. The zero-order valence-electron chi connectivity index (χ0n) is 19.3. The number of aromatic nitrogens is 3. The summed E-state index contributed by atoms with van der Waals surface area (Å²) in [5.41, 5.74) is 4.35. The Labute approximate surface area is 206 Å². The van der Waals surface area contributed by atoms with Gasteiger partial charge in [-0.25, -0.2) is 4.98 Å². The van der Waals surface area contributed by atoms with Crippen LogP contribution in [0.5, 0.6) is 5.75 Å². The summed E-state index contributed by atoms with van der Waals surface area (Å²) in [5.74, 6) is 0.175. The van der Waals surface area contributed by atoms with Crippen LogP contribution in [0.15, 0.2) is 65.1 Å². The number of carboxylic acid groups (broad SMARTS) is 1. The molecule has 0 radical (unpaired) electrons. The maximum Gasteiger partial charge on any atom is 0.307 e. The normalized spacial score (nSPS) is 18.7. The maximum absolute atomic E-state index is 11.9. The van der Waals surface area contributed by atoms with Crippen molar-refractivity contribution in [1.29, 1.82) is 0 Å². The van der Waals surface area contributed by atoms with Gasteiger partial charge < -0.3 is 14.4 Å². The number of fused-ring (bicyclic) bond motifs is 1. The molecule has 7 heteroatoms. The second-order valence-corrected chi connectivity index (χ2v) is 10.4. The van der Waals surface area contributed by atoms with E-state index in [2.05, 4.69) is 37.6 Å². The van der Waals surface area contributed by atoms with Crippen LogP contribution in [0.4, 0.5) is 0 Å². The highest BCUT2D eigenvalue weighted by Crippen LogP contribution is 2.64. The average Bonchev–Trinajstić information content (AvgIpc) is 3.21. The predicted molar refractivity (Wildman–Crippen MR) is 134 cm³/mol. The molecule has 0 saturated heterocycles. The zero-order valence-corrected chi connectivity index (χ0v) is 20.9. The van der Waals surface area contributed by atoms with Crippen LogP contribution in [-0.4, -0.2) is 25.6 Å². The first kappa shape index (κ1) is 22.6. The number of aliphatic carboxylic acids is 1. The molecule has 1 saturated carbocycles. The Balaban J connectivity index is 1.53. The number of carboxylic acids is 1. The zero-order chi connectivity index (χ0) is 24.0. The molecular weight excluding hydrogens is 494 g/mol. The standard InChI is InChI=1S/C27H26BrN3O3/c1-16-5-4-6-19(29-16)15-34-20-11-12-21-22(13-20)31(14-17-7-9-18(28)10-8-17)25(30-21)23-24(26(32)33)27(23,2)3/h4-13,23-24H,14-15H2,1-3H3,(H,32,33)/t23-,24+/m0/s1. The van der Waals surface area contributed by atoms with Crippen LogP contribution in [0, 0.1) is 18.3 Å². The number of imidazole rings is 1. The summed E-state index contributed by atoms with van der Waals surface area (Å²) in [6.45, 7) is 6.94. The van der Waals surface area contributed by atoms with Gasteiger partial charge in [-0.3, -0.25) is 9.78 Å². The number of pyridine rings is 1. The summed E-state index contributed by atoms with van der Waals surface area (Å²) in [6, 6.07) is 19.9. The van der Waals surface area contributed by atoms with Gasteiger partial charge in [0.15, 0.2) is 0 Å². The van der Waals surface area contributed by atoms with Crippen molar-refractivity contribution in [2.75, 3.05) is 0 Å². The lowest BCUT2D eigenvalue weighted by atomic mass is 10.1. The summed E-state index contributed by atoms with van der Waals surface area (Å²) >= 11 is 3.49. The number of ether oxygens (including phenoxy) is 1. The molecule has 2 aromatic carbocycles. The van der Waals surface area contributed by atoms with Crippen LogP contribution in [0.1, 0.15) is 42.5 Å². The molecule has 4 aromatic rings. The molecule has 0 amide bonds. The number of nitrogens with zero attached hydrogens (tertiary/aromatic N) is 3. The molecule has 174 valence electrons. The third kappa shape index (κ3) is 4.20. The van der Waals surface area contributed by atoms with Gasteiger partial charge in [-0.15, -0.1) is 0 Å². The van der Waals surface area contributed by atoms with Crippen molar-refractivity contribution in [2.45, 2.75) is 39.8 Å². The lowest BCUT2D eigenvalue weighted by Gasteiger charge is -2.12. The number of carbonyl (C=O) groups is 1. The number of rotatable bonds is 7. The van der Waals surface area contributed by atoms with E-state index in [1.54, 1.807) is 0 Å². The molecule has 0 unspecified atom stereocenters. The van der Waals surface area contributed by atoms with Crippen molar-refractivity contribution in [3.63, 3.8) is 0 Å². The molecule has 1 aliphatic carbocycles. The Bertz CT molecular complexity index is 1380. The van der Waals surface area contributed by atoms with E-state index in [9.17, 15) is 9.90 Å². The van der Waals surface area contributed by atoms with Crippen LogP contribution in [0.2, 0.25) is 0 Å². The monoisotopic (exact) mass is 519 g/mol. The second kappa shape index (κ2) is 8.55. The third-order valence-electron chi connectivity index (χ3n) is 6.71. The van der Waals surface area contributed by atoms with Gasteiger partial charge in [0, 0.05) is 28.7 Å². The molecule has 0 spiro atoms. The van der Waals surface area contributed by atoms with Gasteiger partial charge in [-0.2, -0.15) is 0 Å². The first-order valence-electron chi connectivity index (χ1n) is 11.3. The van der Waals surface area contributed by atoms with Crippen LogP contribution < -0.4 is 4.74 Å². The van der Waals surface area contributed by atoms with Crippen LogP contribution in [0.25, 0.3) is 11.0 Å². The molecule has 2 aromatic heterocycles. The number of hydrogen-bond donors (Lipinski definition) is 1. The molecule has 34 heavy (non-hydrogen) atoms. The molecular formula is C27H26BrN3O3. The van der Waals surface area contributed by atoms with Crippen molar-refractivity contribution in [3.8, 4) is 5.75 Å². The van der Waals surface area contributed by atoms with Crippen molar-refractivity contribution in [1.82, 2.24) is 14.5 Å². The minimum absolute atomic E-state index is 0.145. The van der Waals surface area contributed by atoms with Gasteiger partial charge in [-0.05, 0) is 54.3 Å². The first-order valence-corrected chi connectivity index (χ1v) is 12.1. The summed E-state index contributed by atoms with van der Waals surface area (Å²) < 4.78 is 9.22. The minimum atomic E-state index is -0.771. The van der Waals surface area contributed by atoms with E-state index >= 15 is 0 Å². The molecule has 0 aliphatic heterocycles. The van der Waals surface area contributed by atoms with E-state index in [0.717, 1.165) is 44.0 Å². The van der Waals surface area contributed by atoms with E-state index in [1.807, 2.05) is 69.3 Å². The van der Waals surface area contributed by atoms with E-state index < -0.39 is 11.9 Å². The van der Waals surface area contributed by atoms with Gasteiger partial charge in [0.1, 0.15) is 18.2 Å². The molecule has 2 heterocycles. The summed E-state index contributed by atoms with van der Waals surface area (Å²) in [5, 5.41) is 9.78. The molecule has 5 rings (SSSR count). The molecule has 1 fully saturated rings. The lowest BCUT2D eigenvalue weighted by molar-refractivity contribution is -0.139. The Hall–Kier alpha value is -3.19. The van der Waals surface area contributed by atoms with Gasteiger partial charge in [-0.1, -0.05) is 48.0 Å². The van der Waals surface area contributed by atoms with E-state index in [-0.39, 0.29) is 11.3 Å². The molecule has 6 nitrogen and oxygen atoms in total. The molecule has 1 aliphatic rings. The molecule has 2 atom stereocenters. The van der Waals surface area contributed by atoms with Crippen molar-refractivity contribution in [3.05, 3.63) is 87.9 Å². The van der Waals surface area contributed by atoms with E-state index in [1.165, 1.54) is 0 Å². The predicted octanol–water partition coefficient (Wildman–Crippen LogP) is 5.95. The SMILES string of the molecule is Cc1cccc(COc2ccc3nc([C@@H]4[C@H](C(=O)O)C4(C)C)n(Cc4ccc(Br)cc4)c3c2)n1. The Morgan fingerprint density at radius 3 is 2.56 bits per heavy atom. The van der Waals surface area contributed by atoms with Gasteiger partial charge in [0.25, 0.3) is 0 Å². The van der Waals surface area contributed by atoms with Gasteiger partial charge >= 0.3 is 5.97 Å². The maximum atomic E-state index is 11.9. The largest absolute Gasteiger partial charge is 0.487 e. The summed E-state index contributed by atoms with van der Waals surface area (Å²) in [4.78, 5) is 21.3. The number of benzene rings is 2. The quantitative estimate of drug-likeness (QED) is 0.326. The van der Waals surface area contributed by atoms with Crippen LogP contribution in [-0.2, 0) is 17.9 Å². The Morgan fingerprint density at radius 2 is 1.88 bits per heavy atom. The highest BCUT2D eigenvalue weighted by molar-refractivity contribution is 9.10. The fourth-order valence-corrected chi connectivity index (χ4v) is 5.07. The summed E-state index contributed by atoms with van der Waals surface area (Å²) in [6.07, 6.45) is 0. The van der Waals surface area contributed by atoms with Crippen molar-refractivity contribution >= 4 is 32.9 Å². The molecule has 1 N–H and O–H groups in total. The molecule has 0 bridgehead atoms. The fraction of sp³-hybridized carbons (Fsp3) is 0.296. The minimum Gasteiger partial charge on any atom is -0.487 e. The number of aryl methyl sites for hydroxylation is 1. The second-order valence-electron chi connectivity index (χ2n) is 9.51. The van der Waals surface area contributed by atoms with Crippen LogP contribution in [0.3, 0.4) is 0 Å². The third-order valence-corrected chi connectivity index (χ3v) is 7.24. The van der Waals surface area contributed by atoms with Gasteiger partial charge in [0.2, 0.25) is 0 Å². The van der Waals surface area contributed by atoms with Crippen LogP contribution >= 0.6 is 15.9 Å². The van der Waals surface area contributed by atoms with E-state index in [0.29, 0.717) is 13.2 Å². The Kier molecular flexibility index (Phi) is 5.68. The Morgan fingerprint density at radius 1 is 1.12 bits per heavy atom. The highest BCUT2D eigenvalue weighted by atomic mass is 79.9. The van der Waals surface area contributed by atoms with Crippen molar-refractivity contribution in [2.24, 2.45) is 11.3 Å². The lowest BCUT2D eigenvalue weighted by Crippen LogP contribution is -2.07. The number of hydrogen-bond acceptors (Lipinski definition) is 4.